The molecule has 0 saturated carbocycles. The van der Waals surface area contributed by atoms with Crippen molar-refractivity contribution in [2.45, 2.75) is 19.8 Å². The van der Waals surface area contributed by atoms with Gasteiger partial charge in [-0.25, -0.2) is 0 Å². The van der Waals surface area contributed by atoms with Gasteiger partial charge in [-0.15, -0.1) is 0 Å². The first kappa shape index (κ1) is 20.4. The molecule has 0 spiro atoms. The SMILES string of the molecule is COc1cccc(NC(=O)c2ccccc2NC(=O)CCc2c(C)noc2Cl)c1. The van der Waals surface area contributed by atoms with E-state index in [1.54, 1.807) is 62.6 Å². The molecule has 0 fully saturated rings. The fourth-order valence-electron chi connectivity index (χ4n) is 2.78. The molecule has 29 heavy (non-hydrogen) atoms. The van der Waals surface area contributed by atoms with Gasteiger partial charge in [0.2, 0.25) is 11.1 Å². The Balaban J connectivity index is 1.67. The fraction of sp³-hybridized carbons (Fsp3) is 0.190. The molecule has 0 unspecified atom stereocenters. The van der Waals surface area contributed by atoms with Crippen LogP contribution in [0.25, 0.3) is 0 Å². The number of halogens is 1. The maximum Gasteiger partial charge on any atom is 0.257 e. The average molecular weight is 414 g/mol. The summed E-state index contributed by atoms with van der Waals surface area (Å²) >= 11 is 5.93. The van der Waals surface area contributed by atoms with Crippen LogP contribution in [-0.4, -0.2) is 24.1 Å². The predicted octanol–water partition coefficient (Wildman–Crippen LogP) is 4.47. The van der Waals surface area contributed by atoms with Gasteiger partial charge in [0.25, 0.3) is 5.91 Å². The summed E-state index contributed by atoms with van der Waals surface area (Å²) in [5.41, 5.74) is 2.72. The van der Waals surface area contributed by atoms with Crippen LogP contribution in [0.5, 0.6) is 5.75 Å². The summed E-state index contributed by atoms with van der Waals surface area (Å²) < 4.78 is 10.1. The van der Waals surface area contributed by atoms with Crippen molar-refractivity contribution < 1.29 is 18.8 Å². The molecule has 150 valence electrons. The normalized spacial score (nSPS) is 10.4. The van der Waals surface area contributed by atoms with E-state index in [-0.39, 0.29) is 23.5 Å². The average Bonchev–Trinajstić information content (AvgIpc) is 3.04. The zero-order valence-electron chi connectivity index (χ0n) is 16.0. The van der Waals surface area contributed by atoms with Crippen LogP contribution in [0.2, 0.25) is 5.22 Å². The van der Waals surface area contributed by atoms with E-state index in [0.717, 1.165) is 0 Å². The van der Waals surface area contributed by atoms with Crippen LogP contribution in [-0.2, 0) is 11.2 Å². The van der Waals surface area contributed by atoms with Gasteiger partial charge in [0.1, 0.15) is 5.75 Å². The van der Waals surface area contributed by atoms with Crippen molar-refractivity contribution in [1.29, 1.82) is 0 Å². The smallest absolute Gasteiger partial charge is 0.257 e. The number of carbonyl (C=O) groups is 2. The predicted molar refractivity (Wildman–Crippen MR) is 111 cm³/mol. The molecular weight excluding hydrogens is 394 g/mol. The van der Waals surface area contributed by atoms with Crippen molar-refractivity contribution in [2.75, 3.05) is 17.7 Å². The summed E-state index contributed by atoms with van der Waals surface area (Å²) in [5.74, 6) is 0.0439. The molecule has 0 bridgehead atoms. The maximum absolute atomic E-state index is 12.7. The molecule has 2 amide bonds. The van der Waals surface area contributed by atoms with Crippen LogP contribution >= 0.6 is 11.6 Å². The third-order valence-corrected chi connectivity index (χ3v) is 4.61. The Morgan fingerprint density at radius 2 is 1.93 bits per heavy atom. The van der Waals surface area contributed by atoms with Gasteiger partial charge in [-0.05, 0) is 49.2 Å². The van der Waals surface area contributed by atoms with Crippen LogP contribution in [0.4, 0.5) is 11.4 Å². The van der Waals surface area contributed by atoms with Gasteiger partial charge in [0, 0.05) is 23.7 Å². The molecule has 0 atom stereocenters. The summed E-state index contributed by atoms with van der Waals surface area (Å²) in [5, 5.41) is 9.55. The fourth-order valence-corrected chi connectivity index (χ4v) is 3.05. The van der Waals surface area contributed by atoms with Gasteiger partial charge >= 0.3 is 0 Å². The highest BCUT2D eigenvalue weighted by Gasteiger charge is 2.16. The lowest BCUT2D eigenvalue weighted by Crippen LogP contribution is -2.18. The molecule has 7 nitrogen and oxygen atoms in total. The van der Waals surface area contributed by atoms with Crippen LogP contribution in [0.3, 0.4) is 0 Å². The number of hydrogen-bond acceptors (Lipinski definition) is 5. The highest BCUT2D eigenvalue weighted by molar-refractivity contribution is 6.29. The van der Waals surface area contributed by atoms with Crippen molar-refractivity contribution in [3.05, 3.63) is 70.6 Å². The first-order valence-corrected chi connectivity index (χ1v) is 9.30. The number of benzene rings is 2. The van der Waals surface area contributed by atoms with E-state index < -0.39 is 0 Å². The Bertz CT molecular complexity index is 1010. The topological polar surface area (TPSA) is 93.5 Å². The molecule has 8 heteroatoms. The molecule has 1 aromatic heterocycles. The second kappa shape index (κ2) is 9.25. The molecule has 3 rings (SSSR count). The number of aromatic nitrogens is 1. The molecule has 3 aromatic rings. The summed E-state index contributed by atoms with van der Waals surface area (Å²) in [6.45, 7) is 1.76. The third kappa shape index (κ3) is 5.14. The zero-order valence-corrected chi connectivity index (χ0v) is 16.7. The molecule has 0 aliphatic rings. The molecule has 0 radical (unpaired) electrons. The number of nitrogens with one attached hydrogen (secondary N) is 2. The molecule has 1 heterocycles. The highest BCUT2D eigenvalue weighted by atomic mass is 35.5. The molecule has 2 aromatic carbocycles. The summed E-state index contributed by atoms with van der Waals surface area (Å²) in [6.07, 6.45) is 0.561. The largest absolute Gasteiger partial charge is 0.497 e. The molecule has 0 aliphatic heterocycles. The van der Waals surface area contributed by atoms with E-state index in [9.17, 15) is 9.59 Å². The number of nitrogens with zero attached hydrogens (tertiary/aromatic N) is 1. The highest BCUT2D eigenvalue weighted by Crippen LogP contribution is 2.22. The standard InChI is InChI=1S/C21H20ClN3O4/c1-13-16(20(22)29-25-13)10-11-19(26)24-18-9-4-3-8-17(18)21(27)23-14-6-5-7-15(12-14)28-2/h3-9,12H,10-11H2,1-2H3,(H,23,27)(H,24,26). The number of hydrogen-bond donors (Lipinski definition) is 2. The molecule has 0 saturated heterocycles. The van der Waals surface area contributed by atoms with E-state index in [1.165, 1.54) is 0 Å². The molecular formula is C21H20ClN3O4. The van der Waals surface area contributed by atoms with E-state index in [4.69, 9.17) is 20.9 Å². The number of amides is 2. The van der Waals surface area contributed by atoms with Crippen LogP contribution in [0.1, 0.15) is 28.0 Å². The Kier molecular flexibility index (Phi) is 6.51. The van der Waals surface area contributed by atoms with Crippen molar-refractivity contribution >= 4 is 34.8 Å². The maximum atomic E-state index is 12.7. The Hall–Kier alpha value is -3.32. The minimum atomic E-state index is -0.341. The van der Waals surface area contributed by atoms with Gasteiger partial charge in [-0.2, -0.15) is 0 Å². The van der Waals surface area contributed by atoms with Crippen molar-refractivity contribution in [2.24, 2.45) is 0 Å². The lowest BCUT2D eigenvalue weighted by atomic mass is 10.1. The monoisotopic (exact) mass is 413 g/mol. The molecule has 0 aliphatic carbocycles. The van der Waals surface area contributed by atoms with E-state index in [2.05, 4.69) is 15.8 Å². The van der Waals surface area contributed by atoms with Crippen molar-refractivity contribution in [3.8, 4) is 5.75 Å². The number of carbonyl (C=O) groups excluding carboxylic acids is 2. The van der Waals surface area contributed by atoms with Gasteiger partial charge < -0.3 is 19.9 Å². The van der Waals surface area contributed by atoms with Gasteiger partial charge in [0.05, 0.1) is 24.1 Å². The Morgan fingerprint density at radius 1 is 1.14 bits per heavy atom. The summed E-state index contributed by atoms with van der Waals surface area (Å²) in [4.78, 5) is 25.1. The lowest BCUT2D eigenvalue weighted by molar-refractivity contribution is -0.116. The van der Waals surface area contributed by atoms with E-state index in [1.807, 2.05) is 0 Å². The van der Waals surface area contributed by atoms with Crippen LogP contribution in [0.15, 0.2) is 53.1 Å². The Morgan fingerprint density at radius 3 is 2.66 bits per heavy atom. The second-order valence-electron chi connectivity index (χ2n) is 6.30. The number of methoxy groups -OCH3 is 1. The minimum absolute atomic E-state index is 0.174. The first-order valence-electron chi connectivity index (χ1n) is 8.93. The Labute approximate surface area is 173 Å². The van der Waals surface area contributed by atoms with E-state index in [0.29, 0.717) is 40.4 Å². The lowest BCUT2D eigenvalue weighted by Gasteiger charge is -2.12. The summed E-state index contributed by atoms with van der Waals surface area (Å²) in [7, 11) is 1.56. The number of para-hydroxylation sites is 1. The van der Waals surface area contributed by atoms with Gasteiger partial charge in [-0.3, -0.25) is 9.59 Å². The molecule has 2 N–H and O–H groups in total. The third-order valence-electron chi connectivity index (χ3n) is 4.31. The quantitative estimate of drug-likeness (QED) is 0.596. The van der Waals surface area contributed by atoms with Crippen LogP contribution in [0, 0.1) is 6.92 Å². The van der Waals surface area contributed by atoms with Gasteiger partial charge in [-0.1, -0.05) is 23.4 Å². The minimum Gasteiger partial charge on any atom is -0.497 e. The van der Waals surface area contributed by atoms with Crippen LogP contribution < -0.4 is 15.4 Å². The first-order chi connectivity index (χ1) is 14.0. The van der Waals surface area contributed by atoms with Crippen molar-refractivity contribution in [3.63, 3.8) is 0 Å². The second-order valence-corrected chi connectivity index (χ2v) is 6.64. The number of aryl methyl sites for hydroxylation is 1. The van der Waals surface area contributed by atoms with Crippen molar-refractivity contribution in [1.82, 2.24) is 5.16 Å². The number of ether oxygens (including phenoxy) is 1. The zero-order chi connectivity index (χ0) is 20.8. The summed E-state index contributed by atoms with van der Waals surface area (Å²) in [6, 6.07) is 13.8. The number of rotatable bonds is 7. The van der Waals surface area contributed by atoms with Gasteiger partial charge in [0.15, 0.2) is 0 Å². The number of anilines is 2. The van der Waals surface area contributed by atoms with E-state index >= 15 is 0 Å².